The SMILES string of the molecule is CCc1ccccc1CN1CCCC(CNC)C1. The van der Waals surface area contributed by atoms with E-state index in [1.165, 1.54) is 37.1 Å². The van der Waals surface area contributed by atoms with E-state index in [-0.39, 0.29) is 0 Å². The molecule has 1 fully saturated rings. The summed E-state index contributed by atoms with van der Waals surface area (Å²) in [6, 6.07) is 8.89. The van der Waals surface area contributed by atoms with Crippen molar-refractivity contribution in [3.05, 3.63) is 35.4 Å². The molecule has 0 bridgehead atoms. The van der Waals surface area contributed by atoms with Gasteiger partial charge in [0.2, 0.25) is 0 Å². The number of rotatable bonds is 5. The molecular formula is C16H26N2. The van der Waals surface area contributed by atoms with Gasteiger partial charge in [-0.25, -0.2) is 0 Å². The average molecular weight is 246 g/mol. The molecule has 0 aliphatic carbocycles. The van der Waals surface area contributed by atoms with Gasteiger partial charge in [0.15, 0.2) is 0 Å². The van der Waals surface area contributed by atoms with E-state index in [4.69, 9.17) is 0 Å². The van der Waals surface area contributed by atoms with E-state index in [2.05, 4.69) is 48.5 Å². The lowest BCUT2D eigenvalue weighted by Gasteiger charge is -2.33. The Labute approximate surface area is 111 Å². The molecule has 1 unspecified atom stereocenters. The zero-order chi connectivity index (χ0) is 12.8. The number of nitrogens with zero attached hydrogens (tertiary/aromatic N) is 1. The van der Waals surface area contributed by atoms with Crippen molar-refractivity contribution < 1.29 is 0 Å². The fourth-order valence-electron chi connectivity index (χ4n) is 3.05. The topological polar surface area (TPSA) is 15.3 Å². The van der Waals surface area contributed by atoms with Crippen LogP contribution < -0.4 is 5.32 Å². The van der Waals surface area contributed by atoms with E-state index in [1.807, 2.05) is 0 Å². The van der Waals surface area contributed by atoms with Gasteiger partial charge in [-0.2, -0.15) is 0 Å². The Balaban J connectivity index is 1.96. The fraction of sp³-hybridized carbons (Fsp3) is 0.625. The molecule has 0 radical (unpaired) electrons. The van der Waals surface area contributed by atoms with Crippen LogP contribution in [0.5, 0.6) is 0 Å². The van der Waals surface area contributed by atoms with Crippen LogP contribution >= 0.6 is 0 Å². The van der Waals surface area contributed by atoms with Gasteiger partial charge >= 0.3 is 0 Å². The molecule has 1 aromatic rings. The summed E-state index contributed by atoms with van der Waals surface area (Å²) in [4.78, 5) is 2.62. The van der Waals surface area contributed by atoms with Crippen LogP contribution in [-0.2, 0) is 13.0 Å². The quantitative estimate of drug-likeness (QED) is 0.859. The van der Waals surface area contributed by atoms with Gasteiger partial charge in [-0.15, -0.1) is 0 Å². The van der Waals surface area contributed by atoms with Crippen molar-refractivity contribution in [2.75, 3.05) is 26.7 Å². The Hall–Kier alpha value is -0.860. The van der Waals surface area contributed by atoms with Gasteiger partial charge in [0.1, 0.15) is 0 Å². The molecule has 100 valence electrons. The Bertz CT molecular complexity index is 360. The maximum absolute atomic E-state index is 3.32. The number of hydrogen-bond acceptors (Lipinski definition) is 2. The lowest BCUT2D eigenvalue weighted by atomic mass is 9.96. The van der Waals surface area contributed by atoms with E-state index < -0.39 is 0 Å². The van der Waals surface area contributed by atoms with Gasteiger partial charge in [-0.3, -0.25) is 4.90 Å². The summed E-state index contributed by atoms with van der Waals surface area (Å²) in [6.45, 7) is 7.05. The van der Waals surface area contributed by atoms with Crippen LogP contribution in [0.15, 0.2) is 24.3 Å². The highest BCUT2D eigenvalue weighted by molar-refractivity contribution is 5.26. The number of piperidine rings is 1. The zero-order valence-corrected chi connectivity index (χ0v) is 11.8. The largest absolute Gasteiger partial charge is 0.319 e. The average Bonchev–Trinajstić information content (AvgIpc) is 2.40. The first-order chi connectivity index (χ1) is 8.83. The molecule has 1 heterocycles. The van der Waals surface area contributed by atoms with Crippen LogP contribution in [-0.4, -0.2) is 31.6 Å². The first kappa shape index (κ1) is 13.6. The molecule has 0 amide bonds. The third-order valence-electron chi connectivity index (χ3n) is 3.99. The van der Waals surface area contributed by atoms with Crippen molar-refractivity contribution in [1.29, 1.82) is 0 Å². The Morgan fingerprint density at radius 1 is 1.28 bits per heavy atom. The predicted molar refractivity (Wildman–Crippen MR) is 77.7 cm³/mol. The van der Waals surface area contributed by atoms with Crippen molar-refractivity contribution in [3.8, 4) is 0 Å². The second kappa shape index (κ2) is 6.91. The van der Waals surface area contributed by atoms with Crippen molar-refractivity contribution in [1.82, 2.24) is 10.2 Å². The van der Waals surface area contributed by atoms with Gasteiger partial charge in [-0.05, 0) is 56.4 Å². The molecular weight excluding hydrogens is 220 g/mol. The van der Waals surface area contributed by atoms with Crippen molar-refractivity contribution >= 4 is 0 Å². The lowest BCUT2D eigenvalue weighted by molar-refractivity contribution is 0.166. The first-order valence-electron chi connectivity index (χ1n) is 7.27. The summed E-state index contributed by atoms with van der Waals surface area (Å²) in [5.41, 5.74) is 3.03. The zero-order valence-electron chi connectivity index (χ0n) is 11.8. The molecule has 1 aliphatic rings. The summed E-state index contributed by atoms with van der Waals surface area (Å²) < 4.78 is 0. The van der Waals surface area contributed by atoms with Crippen LogP contribution in [0, 0.1) is 5.92 Å². The van der Waals surface area contributed by atoms with E-state index in [0.29, 0.717) is 0 Å². The summed E-state index contributed by atoms with van der Waals surface area (Å²) in [5.74, 6) is 0.831. The van der Waals surface area contributed by atoms with Crippen molar-refractivity contribution in [2.45, 2.75) is 32.7 Å². The highest BCUT2D eigenvalue weighted by Crippen LogP contribution is 2.19. The summed E-state index contributed by atoms with van der Waals surface area (Å²) in [5, 5.41) is 3.32. The van der Waals surface area contributed by atoms with Gasteiger partial charge in [-0.1, -0.05) is 31.2 Å². The van der Waals surface area contributed by atoms with Crippen LogP contribution in [0.3, 0.4) is 0 Å². The summed E-state index contributed by atoms with van der Waals surface area (Å²) in [6.07, 6.45) is 3.87. The van der Waals surface area contributed by atoms with E-state index in [0.717, 1.165) is 25.4 Å². The third kappa shape index (κ3) is 3.56. The minimum Gasteiger partial charge on any atom is -0.319 e. The summed E-state index contributed by atoms with van der Waals surface area (Å²) >= 11 is 0. The Kier molecular flexibility index (Phi) is 5.21. The molecule has 0 spiro atoms. The number of likely N-dealkylation sites (tertiary alicyclic amines) is 1. The molecule has 0 saturated carbocycles. The highest BCUT2D eigenvalue weighted by atomic mass is 15.1. The third-order valence-corrected chi connectivity index (χ3v) is 3.99. The molecule has 1 atom stereocenters. The van der Waals surface area contributed by atoms with E-state index >= 15 is 0 Å². The van der Waals surface area contributed by atoms with Crippen LogP contribution in [0.1, 0.15) is 30.9 Å². The maximum Gasteiger partial charge on any atom is 0.0236 e. The number of nitrogens with one attached hydrogen (secondary N) is 1. The monoisotopic (exact) mass is 246 g/mol. The Morgan fingerprint density at radius 3 is 2.78 bits per heavy atom. The highest BCUT2D eigenvalue weighted by Gasteiger charge is 2.19. The minimum absolute atomic E-state index is 0.831. The van der Waals surface area contributed by atoms with Crippen LogP contribution in [0.25, 0.3) is 0 Å². The lowest BCUT2D eigenvalue weighted by Crippen LogP contribution is -2.38. The first-order valence-corrected chi connectivity index (χ1v) is 7.27. The molecule has 1 saturated heterocycles. The standard InChI is InChI=1S/C16H26N2/c1-3-15-8-4-5-9-16(15)13-18-10-6-7-14(12-18)11-17-2/h4-5,8-9,14,17H,3,6-7,10-13H2,1-2H3. The van der Waals surface area contributed by atoms with Gasteiger partial charge in [0.05, 0.1) is 0 Å². The normalized spacial score (nSPS) is 21.1. The molecule has 18 heavy (non-hydrogen) atoms. The fourth-order valence-corrected chi connectivity index (χ4v) is 3.05. The van der Waals surface area contributed by atoms with Gasteiger partial charge in [0.25, 0.3) is 0 Å². The Morgan fingerprint density at radius 2 is 2.06 bits per heavy atom. The van der Waals surface area contributed by atoms with Crippen molar-refractivity contribution in [3.63, 3.8) is 0 Å². The maximum atomic E-state index is 3.32. The second-order valence-electron chi connectivity index (χ2n) is 5.42. The van der Waals surface area contributed by atoms with Crippen molar-refractivity contribution in [2.24, 2.45) is 5.92 Å². The molecule has 2 rings (SSSR count). The smallest absolute Gasteiger partial charge is 0.0236 e. The number of aryl methyl sites for hydroxylation is 1. The molecule has 1 aliphatic heterocycles. The molecule has 1 N–H and O–H groups in total. The second-order valence-corrected chi connectivity index (χ2v) is 5.42. The molecule has 2 nitrogen and oxygen atoms in total. The van der Waals surface area contributed by atoms with Crippen LogP contribution in [0.2, 0.25) is 0 Å². The molecule has 1 aromatic carbocycles. The number of benzene rings is 1. The van der Waals surface area contributed by atoms with Gasteiger partial charge in [0, 0.05) is 13.1 Å². The van der Waals surface area contributed by atoms with Crippen LogP contribution in [0.4, 0.5) is 0 Å². The van der Waals surface area contributed by atoms with E-state index in [9.17, 15) is 0 Å². The minimum atomic E-state index is 0.831. The number of hydrogen-bond donors (Lipinski definition) is 1. The molecule has 2 heteroatoms. The predicted octanol–water partition coefficient (Wildman–Crippen LogP) is 2.68. The van der Waals surface area contributed by atoms with E-state index in [1.54, 1.807) is 0 Å². The molecule has 0 aromatic heterocycles. The summed E-state index contributed by atoms with van der Waals surface area (Å²) in [7, 11) is 2.06. The van der Waals surface area contributed by atoms with Gasteiger partial charge < -0.3 is 5.32 Å².